The van der Waals surface area contributed by atoms with E-state index < -0.39 is 41.8 Å². The number of aliphatic hydroxyl groups is 1. The minimum absolute atomic E-state index is 0.0293. The van der Waals surface area contributed by atoms with Crippen molar-refractivity contribution in [3.05, 3.63) is 70.8 Å². The smallest absolute Gasteiger partial charge is 0.407 e. The van der Waals surface area contributed by atoms with Crippen molar-refractivity contribution in [1.82, 2.24) is 16.0 Å². The van der Waals surface area contributed by atoms with Gasteiger partial charge in [0.15, 0.2) is 0 Å². The third-order valence-electron chi connectivity index (χ3n) is 7.06. The lowest BCUT2D eigenvalue weighted by molar-refractivity contribution is -0.234. The number of carbonyl (C=O) groups is 2. The Kier molecular flexibility index (Phi) is 19.4. The molecule has 13 heteroatoms. The first-order chi connectivity index (χ1) is 22.2. The summed E-state index contributed by atoms with van der Waals surface area (Å²) < 4.78 is 43.3. The lowest BCUT2D eigenvalue weighted by atomic mass is 10.00. The van der Waals surface area contributed by atoms with Crippen molar-refractivity contribution in [3.63, 3.8) is 0 Å². The van der Waals surface area contributed by atoms with Gasteiger partial charge in [-0.1, -0.05) is 57.9 Å². The number of halogens is 2. The Hall–Kier alpha value is -2.81. The number of amides is 2. The average molecular weight is 670 g/mol. The molecule has 0 fully saturated rings. The first kappa shape index (κ1) is 39.4. The van der Waals surface area contributed by atoms with Gasteiger partial charge in [-0.15, -0.1) is 0 Å². The van der Waals surface area contributed by atoms with Crippen molar-refractivity contribution in [2.75, 3.05) is 32.6 Å². The number of rotatable bonds is 23. The monoisotopic (exact) mass is 669 g/mol. The van der Waals surface area contributed by atoms with Crippen LogP contribution in [0.2, 0.25) is 0 Å². The minimum atomic E-state index is -1.16. The van der Waals surface area contributed by atoms with Gasteiger partial charge in [0, 0.05) is 38.3 Å². The van der Waals surface area contributed by atoms with E-state index in [4.69, 9.17) is 18.7 Å². The number of hydrogen-bond acceptors (Lipinski definition) is 9. The number of benzene rings is 2. The molecule has 3 atom stereocenters. The van der Waals surface area contributed by atoms with Gasteiger partial charge in [0.05, 0.1) is 30.6 Å². The van der Waals surface area contributed by atoms with Crippen LogP contribution < -0.4 is 16.0 Å². The highest BCUT2D eigenvalue weighted by atomic mass is 32.2. The number of hydrogen-bond donors (Lipinski definition) is 4. The van der Waals surface area contributed by atoms with Crippen LogP contribution in [0.4, 0.5) is 13.6 Å². The first-order valence-electron chi connectivity index (χ1n) is 15.8. The molecule has 4 N–H and O–H groups in total. The Morgan fingerprint density at radius 3 is 2.28 bits per heavy atom. The summed E-state index contributed by atoms with van der Waals surface area (Å²) in [5.41, 5.74) is 2.44. The van der Waals surface area contributed by atoms with Crippen molar-refractivity contribution < 1.29 is 42.2 Å². The molecule has 0 heterocycles. The summed E-state index contributed by atoms with van der Waals surface area (Å²) in [5.74, 6) is -2.27. The van der Waals surface area contributed by atoms with E-state index in [1.165, 1.54) is 12.7 Å². The van der Waals surface area contributed by atoms with E-state index in [0.29, 0.717) is 6.54 Å². The molecule has 46 heavy (non-hydrogen) atoms. The summed E-state index contributed by atoms with van der Waals surface area (Å²) in [6.45, 7) is 6.81. The maximum atomic E-state index is 14.0. The first-order valence-corrected chi connectivity index (χ1v) is 16.7. The molecule has 0 saturated carbocycles. The molecular formula is C33H49F2N3O7S. The SMILES string of the molecule is CCCC(CCC)OOSCC(NC(=O)OCCOC)C(=O)N[C@@H](Cc1cc(F)cc(F)c1)[C@H](O)CNCc1cccc(CC)c1. The van der Waals surface area contributed by atoms with E-state index in [2.05, 4.69) is 28.9 Å². The van der Waals surface area contributed by atoms with Crippen LogP contribution in [0.25, 0.3) is 0 Å². The van der Waals surface area contributed by atoms with E-state index in [0.717, 1.165) is 67.9 Å². The molecule has 1 unspecified atom stereocenters. The Balaban J connectivity index is 2.16. The van der Waals surface area contributed by atoms with E-state index >= 15 is 0 Å². The molecule has 0 radical (unpaired) electrons. The number of nitrogens with one attached hydrogen (secondary N) is 3. The predicted octanol–water partition coefficient (Wildman–Crippen LogP) is 5.01. The highest BCUT2D eigenvalue weighted by Gasteiger charge is 2.28. The quantitative estimate of drug-likeness (QED) is 0.0559. The van der Waals surface area contributed by atoms with Crippen LogP contribution in [0.5, 0.6) is 0 Å². The summed E-state index contributed by atoms with van der Waals surface area (Å²) >= 11 is 0.846. The van der Waals surface area contributed by atoms with Gasteiger partial charge in [-0.05, 0) is 54.5 Å². The third-order valence-corrected chi connectivity index (χ3v) is 7.71. The Bertz CT molecular complexity index is 1150. The van der Waals surface area contributed by atoms with E-state index in [1.807, 2.05) is 32.0 Å². The molecular weight excluding hydrogens is 620 g/mol. The Morgan fingerprint density at radius 1 is 0.935 bits per heavy atom. The van der Waals surface area contributed by atoms with Gasteiger partial charge < -0.3 is 30.5 Å². The summed E-state index contributed by atoms with van der Waals surface area (Å²) in [5, 5.41) is 19.6. The number of carbonyl (C=O) groups excluding carboxylic acids is 2. The topological polar surface area (TPSA) is 127 Å². The highest BCUT2D eigenvalue weighted by molar-refractivity contribution is 7.94. The van der Waals surface area contributed by atoms with Crippen LogP contribution >= 0.6 is 12.0 Å². The molecule has 0 aromatic heterocycles. The largest absolute Gasteiger partial charge is 0.447 e. The van der Waals surface area contributed by atoms with Gasteiger partial charge >= 0.3 is 6.09 Å². The van der Waals surface area contributed by atoms with Gasteiger partial charge in [0.1, 0.15) is 24.3 Å². The van der Waals surface area contributed by atoms with Gasteiger partial charge in [-0.2, -0.15) is 4.33 Å². The zero-order valence-corrected chi connectivity index (χ0v) is 28.0. The minimum Gasteiger partial charge on any atom is -0.447 e. The van der Waals surface area contributed by atoms with Crippen molar-refractivity contribution in [2.45, 2.75) is 90.1 Å². The molecule has 0 bridgehead atoms. The van der Waals surface area contributed by atoms with Crippen LogP contribution in [-0.2, 0) is 42.9 Å². The molecule has 0 aliphatic rings. The predicted molar refractivity (Wildman–Crippen MR) is 174 cm³/mol. The Labute approximate surface area is 275 Å². The number of aryl methyl sites for hydroxylation is 1. The molecule has 2 rings (SSSR count). The molecule has 258 valence electrons. The van der Waals surface area contributed by atoms with Gasteiger partial charge in [-0.25, -0.2) is 18.5 Å². The van der Waals surface area contributed by atoms with Gasteiger partial charge in [0.25, 0.3) is 0 Å². The average Bonchev–Trinajstić information content (AvgIpc) is 3.02. The van der Waals surface area contributed by atoms with E-state index in [-0.39, 0.29) is 43.6 Å². The van der Waals surface area contributed by atoms with Crippen molar-refractivity contribution in [1.29, 1.82) is 0 Å². The number of methoxy groups -OCH3 is 1. The summed E-state index contributed by atoms with van der Waals surface area (Å²) in [6.07, 6.45) is 2.13. The molecule has 0 aliphatic carbocycles. The van der Waals surface area contributed by atoms with Crippen molar-refractivity contribution in [3.8, 4) is 0 Å². The maximum absolute atomic E-state index is 14.0. The fourth-order valence-electron chi connectivity index (χ4n) is 4.66. The van der Waals surface area contributed by atoms with E-state index in [1.54, 1.807) is 0 Å². The van der Waals surface area contributed by atoms with Crippen LogP contribution in [0.15, 0.2) is 42.5 Å². The maximum Gasteiger partial charge on any atom is 0.407 e. The molecule has 0 spiro atoms. The summed E-state index contributed by atoms with van der Waals surface area (Å²) in [4.78, 5) is 31.5. The van der Waals surface area contributed by atoms with E-state index in [9.17, 15) is 23.5 Å². The summed E-state index contributed by atoms with van der Waals surface area (Å²) in [7, 11) is 1.46. The molecule has 2 aromatic rings. The van der Waals surface area contributed by atoms with Crippen LogP contribution in [0.3, 0.4) is 0 Å². The molecule has 0 aliphatic heterocycles. The number of aliphatic hydroxyl groups excluding tert-OH is 1. The second-order valence-corrected chi connectivity index (χ2v) is 11.6. The second-order valence-electron chi connectivity index (χ2n) is 10.9. The lowest BCUT2D eigenvalue weighted by Gasteiger charge is -2.27. The summed E-state index contributed by atoms with van der Waals surface area (Å²) in [6, 6.07) is 8.92. The Morgan fingerprint density at radius 2 is 1.63 bits per heavy atom. The van der Waals surface area contributed by atoms with Gasteiger partial charge in [0.2, 0.25) is 5.91 Å². The fraction of sp³-hybridized carbons (Fsp3) is 0.576. The molecule has 2 aromatic carbocycles. The van der Waals surface area contributed by atoms with Crippen molar-refractivity contribution in [2.24, 2.45) is 0 Å². The molecule has 10 nitrogen and oxygen atoms in total. The number of alkyl carbamates (subject to hydrolysis) is 1. The third kappa shape index (κ3) is 15.7. The standard InChI is InChI=1S/C33H49F2N3O7S/c1-5-9-28(10-6-2)44-45-46-22-30(38-33(41)43-14-13-42-4)32(40)37-29(18-25-16-26(34)19-27(35)17-25)31(39)21-36-20-24-12-8-11-23(7-3)15-24/h8,11-12,15-17,19,28-31,36,39H,5-7,9-10,13-14,18,20-22H2,1-4H3,(H,37,40)(H,38,41)/t29-,30?,31+/m0/s1. The fourth-order valence-corrected chi connectivity index (χ4v) is 5.26. The lowest BCUT2D eigenvalue weighted by Crippen LogP contribution is -2.55. The zero-order chi connectivity index (χ0) is 33.7. The van der Waals surface area contributed by atoms with Gasteiger partial charge in [-0.3, -0.25) is 4.79 Å². The number of ether oxygens (including phenoxy) is 2. The van der Waals surface area contributed by atoms with Crippen LogP contribution in [0, 0.1) is 11.6 Å². The normalized spacial score (nSPS) is 13.3. The molecule has 2 amide bonds. The van der Waals surface area contributed by atoms with Crippen molar-refractivity contribution >= 4 is 24.0 Å². The van der Waals surface area contributed by atoms with Crippen LogP contribution in [-0.4, -0.2) is 74.0 Å². The second kappa shape index (κ2) is 22.7. The van der Waals surface area contributed by atoms with Crippen LogP contribution in [0.1, 0.15) is 63.1 Å². The highest BCUT2D eigenvalue weighted by Crippen LogP contribution is 2.16. The molecule has 0 saturated heterocycles. The zero-order valence-electron chi connectivity index (χ0n) is 27.2.